The van der Waals surface area contributed by atoms with Gasteiger partial charge in [0.05, 0.1) is 13.2 Å². The molecule has 0 aromatic heterocycles. The van der Waals surface area contributed by atoms with Crippen LogP contribution in [-0.2, 0) is 14.2 Å². The van der Waals surface area contributed by atoms with Gasteiger partial charge in [0, 0.05) is 40.0 Å². The highest BCUT2D eigenvalue weighted by Gasteiger charge is 2.27. The van der Waals surface area contributed by atoms with Crippen molar-refractivity contribution in [3.8, 4) is 0 Å². The summed E-state index contributed by atoms with van der Waals surface area (Å²) < 4.78 is 50.3. The predicted molar refractivity (Wildman–Crippen MR) is 98.2 cm³/mol. The van der Waals surface area contributed by atoms with Gasteiger partial charge in [-0.25, -0.2) is 0 Å². The van der Waals surface area contributed by atoms with Crippen molar-refractivity contribution >= 4 is 29.9 Å². The Labute approximate surface area is 158 Å². The van der Waals surface area contributed by atoms with Crippen LogP contribution in [0.25, 0.3) is 0 Å². The Hall–Kier alpha value is -0.330. The van der Waals surface area contributed by atoms with E-state index in [9.17, 15) is 13.2 Å². The standard InChI is InChI=1S/C14H28F3N3O3.HI/c1-3-18-13(19-6-4-8-22-11-10-21-2)20-7-5-9-23-12-14(15,16)17;/h3-12H2,1-2H3,(H2,18,19,20);1H. The molecule has 0 radical (unpaired) electrons. The average molecular weight is 471 g/mol. The smallest absolute Gasteiger partial charge is 0.382 e. The van der Waals surface area contributed by atoms with Crippen LogP contribution < -0.4 is 10.6 Å². The van der Waals surface area contributed by atoms with Crippen LogP contribution in [0.5, 0.6) is 0 Å². The van der Waals surface area contributed by atoms with E-state index in [0.717, 1.165) is 6.42 Å². The Balaban J connectivity index is 0. The minimum Gasteiger partial charge on any atom is -0.382 e. The van der Waals surface area contributed by atoms with Crippen LogP contribution in [-0.4, -0.2) is 71.9 Å². The molecule has 0 atom stereocenters. The lowest BCUT2D eigenvalue weighted by atomic mass is 10.4. The van der Waals surface area contributed by atoms with Crippen LogP contribution in [0.4, 0.5) is 13.2 Å². The highest BCUT2D eigenvalue weighted by molar-refractivity contribution is 14.0. The second-order valence-electron chi connectivity index (χ2n) is 4.67. The van der Waals surface area contributed by atoms with Gasteiger partial charge in [-0.05, 0) is 19.8 Å². The van der Waals surface area contributed by atoms with Crippen molar-refractivity contribution < 1.29 is 27.4 Å². The number of alkyl halides is 3. The second-order valence-corrected chi connectivity index (χ2v) is 4.67. The van der Waals surface area contributed by atoms with Crippen LogP contribution in [0, 0.1) is 0 Å². The fraction of sp³-hybridized carbons (Fsp3) is 0.929. The first-order valence-corrected chi connectivity index (χ1v) is 7.73. The lowest BCUT2D eigenvalue weighted by Crippen LogP contribution is -2.38. The van der Waals surface area contributed by atoms with Crippen molar-refractivity contribution in [3.05, 3.63) is 0 Å². The highest BCUT2D eigenvalue weighted by atomic mass is 127. The van der Waals surface area contributed by atoms with Crippen LogP contribution in [0.1, 0.15) is 19.8 Å². The number of ether oxygens (including phenoxy) is 3. The quantitative estimate of drug-likeness (QED) is 0.187. The van der Waals surface area contributed by atoms with E-state index in [4.69, 9.17) is 9.47 Å². The zero-order valence-corrected chi connectivity index (χ0v) is 16.6. The summed E-state index contributed by atoms with van der Waals surface area (Å²) in [4.78, 5) is 4.27. The fourth-order valence-corrected chi connectivity index (χ4v) is 1.51. The number of rotatable bonds is 13. The van der Waals surface area contributed by atoms with Crippen molar-refractivity contribution in [3.63, 3.8) is 0 Å². The Morgan fingerprint density at radius 2 is 1.71 bits per heavy atom. The summed E-state index contributed by atoms with van der Waals surface area (Å²) in [5.74, 6) is 0.639. The maximum absolute atomic E-state index is 11.9. The fourth-order valence-electron chi connectivity index (χ4n) is 1.51. The first kappa shape index (κ1) is 25.9. The number of nitrogens with zero attached hydrogens (tertiary/aromatic N) is 1. The number of halogens is 4. The molecule has 0 saturated heterocycles. The number of nitrogens with one attached hydrogen (secondary N) is 2. The molecule has 0 aliphatic rings. The molecule has 0 spiro atoms. The van der Waals surface area contributed by atoms with E-state index in [1.165, 1.54) is 0 Å². The molecule has 0 aliphatic carbocycles. The van der Waals surface area contributed by atoms with Crippen LogP contribution in [0.15, 0.2) is 4.99 Å². The van der Waals surface area contributed by atoms with Gasteiger partial charge in [-0.2, -0.15) is 13.2 Å². The number of hydrogen-bond donors (Lipinski definition) is 2. The van der Waals surface area contributed by atoms with E-state index >= 15 is 0 Å². The Bertz CT molecular complexity index is 309. The molecule has 6 nitrogen and oxygen atoms in total. The molecule has 0 amide bonds. The molecule has 0 rings (SSSR count). The van der Waals surface area contributed by atoms with Gasteiger partial charge in [0.2, 0.25) is 0 Å². The van der Waals surface area contributed by atoms with Gasteiger partial charge in [-0.3, -0.25) is 4.99 Å². The maximum Gasteiger partial charge on any atom is 0.411 e. The Morgan fingerprint density at radius 3 is 2.33 bits per heavy atom. The monoisotopic (exact) mass is 471 g/mol. The van der Waals surface area contributed by atoms with E-state index in [1.54, 1.807) is 7.11 Å². The molecular weight excluding hydrogens is 442 g/mol. The summed E-state index contributed by atoms with van der Waals surface area (Å²) in [5.41, 5.74) is 0. The zero-order valence-electron chi connectivity index (χ0n) is 14.3. The SMILES string of the molecule is CCNC(=NCCCOCC(F)(F)F)NCCCOCCOC.I. The lowest BCUT2D eigenvalue weighted by molar-refractivity contribution is -0.173. The van der Waals surface area contributed by atoms with E-state index in [1.807, 2.05) is 6.92 Å². The third-order valence-electron chi connectivity index (χ3n) is 2.52. The first-order valence-electron chi connectivity index (χ1n) is 7.73. The molecule has 0 aromatic carbocycles. The van der Waals surface area contributed by atoms with Crippen LogP contribution in [0.2, 0.25) is 0 Å². The number of aliphatic imine (C=N–C) groups is 1. The highest BCUT2D eigenvalue weighted by Crippen LogP contribution is 2.14. The average Bonchev–Trinajstić information content (AvgIpc) is 2.48. The number of hydrogen-bond acceptors (Lipinski definition) is 4. The van der Waals surface area contributed by atoms with E-state index in [2.05, 4.69) is 20.4 Å². The second kappa shape index (κ2) is 17.5. The summed E-state index contributed by atoms with van der Waals surface area (Å²) in [6.07, 6.45) is -3.01. The normalized spacial score (nSPS) is 12.0. The summed E-state index contributed by atoms with van der Waals surface area (Å²) in [6.45, 7) is 4.35. The Morgan fingerprint density at radius 1 is 1.00 bits per heavy atom. The lowest BCUT2D eigenvalue weighted by Gasteiger charge is -2.11. The minimum absolute atomic E-state index is 0. The van der Waals surface area contributed by atoms with Crippen LogP contribution in [0.3, 0.4) is 0 Å². The van der Waals surface area contributed by atoms with E-state index in [-0.39, 0.29) is 30.6 Å². The molecule has 0 unspecified atom stereocenters. The number of methoxy groups -OCH3 is 1. The van der Waals surface area contributed by atoms with Gasteiger partial charge >= 0.3 is 6.18 Å². The molecule has 24 heavy (non-hydrogen) atoms. The molecule has 10 heteroatoms. The molecule has 0 fully saturated rings. The topological polar surface area (TPSA) is 64.1 Å². The summed E-state index contributed by atoms with van der Waals surface area (Å²) in [6, 6.07) is 0. The molecule has 0 aromatic rings. The Kier molecular flexibility index (Phi) is 18.9. The molecule has 2 N–H and O–H groups in total. The van der Waals surface area contributed by atoms with Gasteiger partial charge in [0.15, 0.2) is 5.96 Å². The third kappa shape index (κ3) is 19.7. The summed E-state index contributed by atoms with van der Waals surface area (Å²) in [7, 11) is 1.62. The van der Waals surface area contributed by atoms with E-state index in [0.29, 0.717) is 51.8 Å². The van der Waals surface area contributed by atoms with Crippen molar-refractivity contribution in [2.75, 3.05) is 59.8 Å². The molecule has 146 valence electrons. The van der Waals surface area contributed by atoms with Crippen molar-refractivity contribution in [1.82, 2.24) is 10.6 Å². The van der Waals surface area contributed by atoms with Gasteiger partial charge in [0.1, 0.15) is 6.61 Å². The van der Waals surface area contributed by atoms with Gasteiger partial charge in [-0.15, -0.1) is 24.0 Å². The number of guanidine groups is 1. The maximum atomic E-state index is 11.9. The molecule has 0 heterocycles. The van der Waals surface area contributed by atoms with Gasteiger partial charge in [-0.1, -0.05) is 0 Å². The summed E-state index contributed by atoms with van der Waals surface area (Å²) >= 11 is 0. The third-order valence-corrected chi connectivity index (χ3v) is 2.52. The molecule has 0 saturated carbocycles. The molecular formula is C14H29F3IN3O3. The van der Waals surface area contributed by atoms with Crippen molar-refractivity contribution in [1.29, 1.82) is 0 Å². The zero-order chi connectivity index (χ0) is 17.4. The van der Waals surface area contributed by atoms with E-state index < -0.39 is 12.8 Å². The van der Waals surface area contributed by atoms with Crippen molar-refractivity contribution in [2.24, 2.45) is 4.99 Å². The van der Waals surface area contributed by atoms with Gasteiger partial charge in [0.25, 0.3) is 0 Å². The van der Waals surface area contributed by atoms with Crippen molar-refractivity contribution in [2.45, 2.75) is 25.9 Å². The predicted octanol–water partition coefficient (Wildman–Crippen LogP) is 2.18. The van der Waals surface area contributed by atoms with Gasteiger partial charge < -0.3 is 24.8 Å². The summed E-state index contributed by atoms with van der Waals surface area (Å²) in [5, 5.41) is 6.20. The molecule has 0 aliphatic heterocycles. The largest absolute Gasteiger partial charge is 0.411 e. The molecule has 0 bridgehead atoms. The minimum atomic E-state index is -4.27. The first-order chi connectivity index (χ1) is 11.0. The van der Waals surface area contributed by atoms with Crippen LogP contribution >= 0.6 is 24.0 Å².